The predicted molar refractivity (Wildman–Crippen MR) is 60.6 cm³/mol. The Kier molecular flexibility index (Phi) is 4.37. The first-order valence-corrected chi connectivity index (χ1v) is 4.97. The topological polar surface area (TPSA) is 26.3 Å². The summed E-state index contributed by atoms with van der Waals surface area (Å²) in [6.45, 7) is 0. The largest absolute Gasteiger partial charge is 0.465 e. The lowest BCUT2D eigenvalue weighted by Gasteiger charge is -2.01. The number of thiol groups is 1. The highest BCUT2D eigenvalue weighted by atomic mass is 32.1. The first-order chi connectivity index (χ1) is 7.19. The standard InChI is InChI=1S/C11H11FO2S/c1-14-11(13)9-4-5-10(12)8(7-9)3-2-6-15/h2-5,7,15H,6H2,1H3. The maximum Gasteiger partial charge on any atom is 0.337 e. The molecule has 1 rings (SSSR count). The third-order valence-corrected chi connectivity index (χ3v) is 2.03. The van der Waals surface area contributed by atoms with E-state index in [4.69, 9.17) is 0 Å². The molecule has 1 aromatic carbocycles. The zero-order valence-electron chi connectivity index (χ0n) is 8.24. The van der Waals surface area contributed by atoms with Crippen LogP contribution >= 0.6 is 12.6 Å². The Morgan fingerprint density at radius 3 is 2.93 bits per heavy atom. The number of methoxy groups -OCH3 is 1. The van der Waals surface area contributed by atoms with Crippen molar-refractivity contribution in [2.24, 2.45) is 0 Å². The van der Waals surface area contributed by atoms with Crippen molar-refractivity contribution in [1.29, 1.82) is 0 Å². The number of benzene rings is 1. The van der Waals surface area contributed by atoms with E-state index >= 15 is 0 Å². The van der Waals surface area contributed by atoms with Crippen molar-refractivity contribution < 1.29 is 13.9 Å². The molecule has 0 atom stereocenters. The molecule has 0 amide bonds. The summed E-state index contributed by atoms with van der Waals surface area (Å²) in [5, 5.41) is 0. The van der Waals surface area contributed by atoms with Crippen LogP contribution in [0, 0.1) is 5.82 Å². The number of ether oxygens (including phenoxy) is 1. The average Bonchev–Trinajstić information content (AvgIpc) is 2.27. The number of hydrogen-bond acceptors (Lipinski definition) is 3. The van der Waals surface area contributed by atoms with Crippen LogP contribution in [0.2, 0.25) is 0 Å². The summed E-state index contributed by atoms with van der Waals surface area (Å²) in [6, 6.07) is 4.07. The van der Waals surface area contributed by atoms with Crippen LogP contribution in [0.3, 0.4) is 0 Å². The van der Waals surface area contributed by atoms with Crippen molar-refractivity contribution in [3.05, 3.63) is 41.2 Å². The number of esters is 1. The molecule has 1 aromatic rings. The number of hydrogen-bond donors (Lipinski definition) is 1. The maximum absolute atomic E-state index is 13.2. The molecule has 0 N–H and O–H groups in total. The molecule has 0 fully saturated rings. The molecule has 0 spiro atoms. The van der Waals surface area contributed by atoms with E-state index < -0.39 is 5.97 Å². The monoisotopic (exact) mass is 226 g/mol. The maximum atomic E-state index is 13.2. The fraction of sp³-hybridized carbons (Fsp3) is 0.182. The van der Waals surface area contributed by atoms with Crippen LogP contribution < -0.4 is 0 Å². The second-order valence-electron chi connectivity index (χ2n) is 2.81. The van der Waals surface area contributed by atoms with Gasteiger partial charge in [-0.2, -0.15) is 12.6 Å². The Labute approximate surface area is 93.2 Å². The molecule has 80 valence electrons. The van der Waals surface area contributed by atoms with E-state index in [1.54, 1.807) is 12.2 Å². The van der Waals surface area contributed by atoms with Crippen LogP contribution in [-0.4, -0.2) is 18.8 Å². The third-order valence-electron chi connectivity index (χ3n) is 1.82. The van der Waals surface area contributed by atoms with E-state index in [1.165, 1.54) is 25.3 Å². The normalized spacial score (nSPS) is 10.6. The Balaban J connectivity index is 3.05. The van der Waals surface area contributed by atoms with Gasteiger partial charge in [0, 0.05) is 11.3 Å². The Bertz CT molecular complexity index is 388. The molecule has 4 heteroatoms. The first-order valence-electron chi connectivity index (χ1n) is 4.34. The van der Waals surface area contributed by atoms with Gasteiger partial charge in [0.05, 0.1) is 12.7 Å². The summed E-state index contributed by atoms with van der Waals surface area (Å²) in [5.74, 6) is -0.335. The van der Waals surface area contributed by atoms with Gasteiger partial charge in [0.15, 0.2) is 0 Å². The highest BCUT2D eigenvalue weighted by molar-refractivity contribution is 7.80. The van der Waals surface area contributed by atoms with Crippen molar-refractivity contribution in [2.75, 3.05) is 12.9 Å². The zero-order chi connectivity index (χ0) is 11.3. The Morgan fingerprint density at radius 2 is 2.33 bits per heavy atom. The van der Waals surface area contributed by atoms with E-state index in [0.29, 0.717) is 16.9 Å². The molecule has 0 heterocycles. The molecule has 2 nitrogen and oxygen atoms in total. The zero-order valence-corrected chi connectivity index (χ0v) is 9.13. The first kappa shape index (κ1) is 11.8. The van der Waals surface area contributed by atoms with Crippen molar-refractivity contribution in [3.63, 3.8) is 0 Å². The van der Waals surface area contributed by atoms with E-state index in [2.05, 4.69) is 17.4 Å². The molecule has 0 aliphatic carbocycles. The highest BCUT2D eigenvalue weighted by Gasteiger charge is 2.07. The smallest absolute Gasteiger partial charge is 0.337 e. The van der Waals surface area contributed by atoms with Crippen LogP contribution in [0.15, 0.2) is 24.3 Å². The van der Waals surface area contributed by atoms with Gasteiger partial charge in [-0.3, -0.25) is 0 Å². The van der Waals surface area contributed by atoms with Gasteiger partial charge in [0.25, 0.3) is 0 Å². The van der Waals surface area contributed by atoms with E-state index in [1.807, 2.05) is 0 Å². The minimum absolute atomic E-state index is 0.331. The quantitative estimate of drug-likeness (QED) is 0.633. The molecule has 0 aliphatic heterocycles. The molecule has 0 unspecified atom stereocenters. The van der Waals surface area contributed by atoms with Crippen molar-refractivity contribution in [3.8, 4) is 0 Å². The minimum Gasteiger partial charge on any atom is -0.465 e. The van der Waals surface area contributed by atoms with Gasteiger partial charge in [-0.15, -0.1) is 0 Å². The molecule has 0 saturated carbocycles. The summed E-state index contributed by atoms with van der Waals surface area (Å²) < 4.78 is 17.8. The van der Waals surface area contributed by atoms with Crippen molar-refractivity contribution in [2.45, 2.75) is 0 Å². The fourth-order valence-electron chi connectivity index (χ4n) is 1.10. The molecule has 0 saturated heterocycles. The molecule has 15 heavy (non-hydrogen) atoms. The van der Waals surface area contributed by atoms with Gasteiger partial charge in [0.1, 0.15) is 5.82 Å². The summed E-state index contributed by atoms with van der Waals surface area (Å²) in [7, 11) is 1.29. The second-order valence-corrected chi connectivity index (χ2v) is 3.18. The van der Waals surface area contributed by atoms with E-state index in [-0.39, 0.29) is 5.82 Å². The van der Waals surface area contributed by atoms with E-state index in [0.717, 1.165) is 0 Å². The number of carbonyl (C=O) groups excluding carboxylic acids is 1. The van der Waals surface area contributed by atoms with Crippen molar-refractivity contribution >= 4 is 24.7 Å². The lowest BCUT2D eigenvalue weighted by atomic mass is 10.1. The number of carbonyl (C=O) groups is 1. The van der Waals surface area contributed by atoms with Crippen molar-refractivity contribution in [1.82, 2.24) is 0 Å². The average molecular weight is 226 g/mol. The molecule has 0 bridgehead atoms. The predicted octanol–water partition coefficient (Wildman–Crippen LogP) is 2.56. The van der Waals surface area contributed by atoms with Crippen LogP contribution in [-0.2, 0) is 4.74 Å². The lowest BCUT2D eigenvalue weighted by Crippen LogP contribution is -2.01. The molecule has 0 aromatic heterocycles. The van der Waals surface area contributed by atoms with E-state index in [9.17, 15) is 9.18 Å². The lowest BCUT2D eigenvalue weighted by molar-refractivity contribution is 0.0600. The van der Waals surface area contributed by atoms with Gasteiger partial charge in [-0.05, 0) is 18.2 Å². The fourth-order valence-corrected chi connectivity index (χ4v) is 1.20. The van der Waals surface area contributed by atoms with Gasteiger partial charge < -0.3 is 4.74 Å². The summed E-state index contributed by atoms with van der Waals surface area (Å²) >= 11 is 3.97. The van der Waals surface area contributed by atoms with Gasteiger partial charge in [-0.25, -0.2) is 9.18 Å². The number of rotatable bonds is 3. The Morgan fingerprint density at radius 1 is 1.60 bits per heavy atom. The second kappa shape index (κ2) is 5.56. The van der Waals surface area contributed by atoms with Crippen LogP contribution in [0.5, 0.6) is 0 Å². The van der Waals surface area contributed by atoms with Crippen LogP contribution in [0.25, 0.3) is 6.08 Å². The Hall–Kier alpha value is -1.29. The molecular weight excluding hydrogens is 215 g/mol. The third kappa shape index (κ3) is 3.09. The molecular formula is C11H11FO2S. The van der Waals surface area contributed by atoms with Gasteiger partial charge in [-0.1, -0.05) is 12.2 Å². The van der Waals surface area contributed by atoms with Gasteiger partial charge in [0.2, 0.25) is 0 Å². The van der Waals surface area contributed by atoms with Crippen LogP contribution in [0.1, 0.15) is 15.9 Å². The van der Waals surface area contributed by atoms with Crippen LogP contribution in [0.4, 0.5) is 4.39 Å². The minimum atomic E-state index is -0.476. The summed E-state index contributed by atoms with van der Waals surface area (Å²) in [4.78, 5) is 11.2. The summed E-state index contributed by atoms with van der Waals surface area (Å²) in [6.07, 6.45) is 3.28. The SMILES string of the molecule is COC(=O)c1ccc(F)c(C=CCS)c1. The highest BCUT2D eigenvalue weighted by Crippen LogP contribution is 2.13. The van der Waals surface area contributed by atoms with Gasteiger partial charge >= 0.3 is 5.97 Å². The molecule has 0 aliphatic rings. The number of halogens is 1. The molecule has 0 radical (unpaired) electrons. The summed E-state index contributed by atoms with van der Waals surface area (Å²) in [5.41, 5.74) is 0.685.